The summed E-state index contributed by atoms with van der Waals surface area (Å²) in [6.45, 7) is 1.05. The molecule has 3 heteroatoms. The van der Waals surface area contributed by atoms with Crippen LogP contribution in [0.25, 0.3) is 0 Å². The molecule has 1 atom stereocenters. The van der Waals surface area contributed by atoms with Crippen molar-refractivity contribution in [3.05, 3.63) is 29.6 Å². The third kappa shape index (κ3) is 1.75. The van der Waals surface area contributed by atoms with Gasteiger partial charge in [-0.1, -0.05) is 12.5 Å². The first-order chi connectivity index (χ1) is 6.92. The normalized spacial score (nSPS) is 21.5. The molecule has 72 valence electrons. The van der Waals surface area contributed by atoms with Crippen molar-refractivity contribution < 1.29 is 0 Å². The zero-order valence-electron chi connectivity index (χ0n) is 8.03. The number of hydrogen-bond donors (Lipinski definition) is 1. The number of nitriles is 1. The molecule has 0 radical (unpaired) electrons. The van der Waals surface area contributed by atoms with Gasteiger partial charge in [0.25, 0.3) is 0 Å². The maximum absolute atomic E-state index is 8.91. The highest BCUT2D eigenvalue weighted by Gasteiger charge is 2.17. The number of hydrogen-bond acceptors (Lipinski definition) is 3. The first-order valence-electron chi connectivity index (χ1n) is 5.00. The molecule has 1 N–H and O–H groups in total. The molecule has 0 saturated carbocycles. The van der Waals surface area contributed by atoms with Crippen LogP contribution in [-0.2, 0) is 0 Å². The van der Waals surface area contributed by atoms with Crippen molar-refractivity contribution in [3.63, 3.8) is 0 Å². The topological polar surface area (TPSA) is 48.7 Å². The van der Waals surface area contributed by atoms with Gasteiger partial charge in [0.2, 0.25) is 0 Å². The molecule has 0 spiro atoms. The molecule has 0 amide bonds. The first kappa shape index (κ1) is 9.17. The maximum Gasteiger partial charge on any atom is 0.145 e. The Morgan fingerprint density at radius 3 is 3.14 bits per heavy atom. The van der Waals surface area contributed by atoms with Crippen LogP contribution in [0.15, 0.2) is 18.3 Å². The zero-order valence-corrected chi connectivity index (χ0v) is 8.03. The Balaban J connectivity index is 2.26. The fourth-order valence-electron chi connectivity index (χ4n) is 1.91. The predicted molar refractivity (Wildman–Crippen MR) is 53.5 cm³/mol. The second-order valence-corrected chi connectivity index (χ2v) is 3.56. The average molecular weight is 187 g/mol. The average Bonchev–Trinajstić information content (AvgIpc) is 2.30. The van der Waals surface area contributed by atoms with Crippen LogP contribution in [0.3, 0.4) is 0 Å². The fraction of sp³-hybridized carbons (Fsp3) is 0.455. The lowest BCUT2D eigenvalue weighted by Gasteiger charge is -2.23. The largest absolute Gasteiger partial charge is 0.310 e. The molecule has 0 bridgehead atoms. The maximum atomic E-state index is 8.91. The number of piperidine rings is 1. The second kappa shape index (κ2) is 4.21. The Kier molecular flexibility index (Phi) is 2.76. The summed E-state index contributed by atoms with van der Waals surface area (Å²) in [5.41, 5.74) is 1.61. The lowest BCUT2D eigenvalue weighted by atomic mass is 9.97. The Hall–Kier alpha value is -1.40. The van der Waals surface area contributed by atoms with Crippen LogP contribution >= 0.6 is 0 Å². The molecule has 2 rings (SSSR count). The molecule has 1 aliphatic rings. The summed E-state index contributed by atoms with van der Waals surface area (Å²) in [7, 11) is 0. The van der Waals surface area contributed by atoms with E-state index in [2.05, 4.69) is 16.4 Å². The van der Waals surface area contributed by atoms with Crippen LogP contribution < -0.4 is 5.32 Å². The quantitative estimate of drug-likeness (QED) is 0.728. The molecule has 0 aliphatic carbocycles. The van der Waals surface area contributed by atoms with Crippen molar-refractivity contribution in [2.24, 2.45) is 0 Å². The van der Waals surface area contributed by atoms with Crippen molar-refractivity contribution in [3.8, 4) is 6.07 Å². The third-order valence-electron chi connectivity index (χ3n) is 2.63. The minimum Gasteiger partial charge on any atom is -0.310 e. The molecule has 1 fully saturated rings. The van der Waals surface area contributed by atoms with Gasteiger partial charge in [0, 0.05) is 17.8 Å². The number of aromatic nitrogens is 1. The standard InChI is InChI=1S/C11H13N3/c12-8-11-9(4-3-7-14-11)10-5-1-2-6-13-10/h3-4,7,10,13H,1-2,5-6H2/t10-/m1/s1. The molecular formula is C11H13N3. The van der Waals surface area contributed by atoms with Gasteiger partial charge in [-0.2, -0.15) is 5.26 Å². The van der Waals surface area contributed by atoms with E-state index in [1.165, 1.54) is 12.8 Å². The van der Waals surface area contributed by atoms with Gasteiger partial charge in [-0.25, -0.2) is 4.98 Å². The van der Waals surface area contributed by atoms with Crippen molar-refractivity contribution in [2.75, 3.05) is 6.54 Å². The van der Waals surface area contributed by atoms with Crippen LogP contribution in [-0.4, -0.2) is 11.5 Å². The number of nitrogens with zero attached hydrogens (tertiary/aromatic N) is 2. The zero-order chi connectivity index (χ0) is 9.80. The summed E-state index contributed by atoms with van der Waals surface area (Å²) >= 11 is 0. The molecule has 2 heterocycles. The van der Waals surface area contributed by atoms with E-state index in [-0.39, 0.29) is 0 Å². The highest BCUT2D eigenvalue weighted by atomic mass is 14.9. The minimum absolute atomic E-state index is 0.326. The molecule has 3 nitrogen and oxygen atoms in total. The van der Waals surface area contributed by atoms with E-state index in [4.69, 9.17) is 5.26 Å². The monoisotopic (exact) mass is 187 g/mol. The van der Waals surface area contributed by atoms with Gasteiger partial charge in [0.1, 0.15) is 11.8 Å². The van der Waals surface area contributed by atoms with E-state index in [1.54, 1.807) is 6.20 Å². The van der Waals surface area contributed by atoms with E-state index < -0.39 is 0 Å². The van der Waals surface area contributed by atoms with Gasteiger partial charge in [0.05, 0.1) is 0 Å². The van der Waals surface area contributed by atoms with E-state index in [0.29, 0.717) is 11.7 Å². The summed E-state index contributed by atoms with van der Waals surface area (Å²) in [4.78, 5) is 4.07. The molecule has 14 heavy (non-hydrogen) atoms. The van der Waals surface area contributed by atoms with Crippen LogP contribution in [0.4, 0.5) is 0 Å². The molecule has 1 saturated heterocycles. The number of nitrogens with one attached hydrogen (secondary N) is 1. The smallest absolute Gasteiger partial charge is 0.145 e. The van der Waals surface area contributed by atoms with Gasteiger partial charge >= 0.3 is 0 Å². The highest BCUT2D eigenvalue weighted by Crippen LogP contribution is 2.24. The SMILES string of the molecule is N#Cc1ncccc1[C@H]1CCCCN1. The Labute approximate surface area is 83.8 Å². The first-order valence-corrected chi connectivity index (χ1v) is 5.00. The van der Waals surface area contributed by atoms with Gasteiger partial charge in [-0.3, -0.25) is 0 Å². The summed E-state index contributed by atoms with van der Waals surface area (Å²) in [5, 5.41) is 12.3. The summed E-state index contributed by atoms with van der Waals surface area (Å²) in [6.07, 6.45) is 5.25. The molecule has 0 unspecified atom stereocenters. The van der Waals surface area contributed by atoms with E-state index in [9.17, 15) is 0 Å². The Morgan fingerprint density at radius 1 is 1.50 bits per heavy atom. The van der Waals surface area contributed by atoms with E-state index in [1.807, 2.05) is 12.1 Å². The van der Waals surface area contributed by atoms with Gasteiger partial charge in [0.15, 0.2) is 0 Å². The minimum atomic E-state index is 0.326. The molecule has 1 aliphatic heterocycles. The van der Waals surface area contributed by atoms with Crippen molar-refractivity contribution in [1.29, 1.82) is 5.26 Å². The molecule has 0 aromatic carbocycles. The van der Waals surface area contributed by atoms with E-state index >= 15 is 0 Å². The fourth-order valence-corrected chi connectivity index (χ4v) is 1.91. The summed E-state index contributed by atoms with van der Waals surface area (Å²) in [5.74, 6) is 0. The number of rotatable bonds is 1. The van der Waals surface area contributed by atoms with Gasteiger partial charge in [-0.05, 0) is 25.5 Å². The summed E-state index contributed by atoms with van der Waals surface area (Å²) in [6, 6.07) is 6.36. The van der Waals surface area contributed by atoms with Crippen molar-refractivity contribution in [2.45, 2.75) is 25.3 Å². The highest BCUT2D eigenvalue weighted by molar-refractivity contribution is 5.33. The third-order valence-corrected chi connectivity index (χ3v) is 2.63. The van der Waals surface area contributed by atoms with E-state index in [0.717, 1.165) is 18.5 Å². The lowest BCUT2D eigenvalue weighted by molar-refractivity contribution is 0.411. The Bertz CT molecular complexity index is 348. The molecular weight excluding hydrogens is 174 g/mol. The lowest BCUT2D eigenvalue weighted by Crippen LogP contribution is -2.27. The Morgan fingerprint density at radius 2 is 2.43 bits per heavy atom. The predicted octanol–water partition coefficient (Wildman–Crippen LogP) is 1.77. The van der Waals surface area contributed by atoms with Crippen LogP contribution in [0, 0.1) is 11.3 Å². The van der Waals surface area contributed by atoms with Crippen molar-refractivity contribution >= 4 is 0 Å². The molecule has 1 aromatic heterocycles. The second-order valence-electron chi connectivity index (χ2n) is 3.56. The molecule has 1 aromatic rings. The van der Waals surface area contributed by atoms with Gasteiger partial charge in [-0.15, -0.1) is 0 Å². The van der Waals surface area contributed by atoms with Crippen LogP contribution in [0.2, 0.25) is 0 Å². The number of pyridine rings is 1. The van der Waals surface area contributed by atoms with Crippen LogP contribution in [0.5, 0.6) is 0 Å². The van der Waals surface area contributed by atoms with Gasteiger partial charge < -0.3 is 5.32 Å². The van der Waals surface area contributed by atoms with Crippen molar-refractivity contribution in [1.82, 2.24) is 10.3 Å². The van der Waals surface area contributed by atoms with Crippen LogP contribution in [0.1, 0.15) is 36.6 Å². The summed E-state index contributed by atoms with van der Waals surface area (Å²) < 4.78 is 0.